The van der Waals surface area contributed by atoms with Crippen LogP contribution in [0.3, 0.4) is 0 Å². The molecule has 0 aliphatic rings. The quantitative estimate of drug-likeness (QED) is 0.396. The molecule has 0 heterocycles. The highest BCUT2D eigenvalue weighted by Gasteiger charge is 2.16. The van der Waals surface area contributed by atoms with E-state index >= 15 is 0 Å². The van der Waals surface area contributed by atoms with Crippen LogP contribution in [0.2, 0.25) is 0 Å². The van der Waals surface area contributed by atoms with E-state index in [0.717, 1.165) is 0 Å². The van der Waals surface area contributed by atoms with Crippen LogP contribution in [0.5, 0.6) is 0 Å². The molecule has 0 aromatic rings. The highest BCUT2D eigenvalue weighted by Crippen LogP contribution is 2.06. The van der Waals surface area contributed by atoms with Gasteiger partial charge in [0.1, 0.15) is 6.10 Å². The van der Waals surface area contributed by atoms with E-state index in [1.54, 1.807) is 13.8 Å². The predicted octanol–water partition coefficient (Wildman–Crippen LogP) is 10.6. The first-order valence-corrected chi connectivity index (χ1v) is 4.99. The molecule has 0 bridgehead atoms. The van der Waals surface area contributed by atoms with Gasteiger partial charge in [-0.2, -0.15) is 0 Å². The normalized spacial score (nSPS) is 5.96. The molecule has 0 aromatic carbocycles. The predicted molar refractivity (Wildman–Crippen MR) is 146 cm³/mol. The first kappa shape index (κ1) is 127. The van der Waals surface area contributed by atoms with Crippen LogP contribution in [0.4, 0.5) is 0 Å². The van der Waals surface area contributed by atoms with Gasteiger partial charge in [0.05, 0.1) is 13.0 Å². The number of esters is 2. The molecular weight excluding hydrogens is 352 g/mol. The van der Waals surface area contributed by atoms with E-state index < -0.39 is 0 Å². The Kier molecular flexibility index (Phi) is 377. The van der Waals surface area contributed by atoms with Gasteiger partial charge in [0.15, 0.2) is 0 Å². The fourth-order valence-electron chi connectivity index (χ4n) is 0.944. The molecule has 4 heteroatoms. The molecule has 0 aromatic heterocycles. The summed E-state index contributed by atoms with van der Waals surface area (Å²) in [6.45, 7) is 5.69. The number of carbonyl (C=O) groups excluding carboxylic acids is 2. The molecule has 1 unspecified atom stereocenters. The smallest absolute Gasteiger partial charge is 0.309 e. The van der Waals surface area contributed by atoms with Gasteiger partial charge in [0.2, 0.25) is 0 Å². The molecule has 0 saturated carbocycles. The Bertz CT molecular complexity index is 193. The Hall–Kier alpha value is -1.06. The van der Waals surface area contributed by atoms with Gasteiger partial charge in [0, 0.05) is 6.42 Å². The molecule has 0 spiro atoms. The Balaban J connectivity index is -0.00000000929. The first-order chi connectivity index (χ1) is 6.63. The Morgan fingerprint density at radius 1 is 0.607 bits per heavy atom. The van der Waals surface area contributed by atoms with E-state index in [2.05, 4.69) is 0 Å². The number of ether oxygens (including phenoxy) is 2. The molecule has 0 fully saturated rings. The van der Waals surface area contributed by atoms with E-state index in [4.69, 9.17) is 9.47 Å². The highest BCUT2D eigenvalue weighted by molar-refractivity contribution is 5.72. The van der Waals surface area contributed by atoms with Gasteiger partial charge >= 0.3 is 11.9 Å². The molecule has 0 aliphatic carbocycles. The van der Waals surface area contributed by atoms with Crippen molar-refractivity contribution in [2.45, 2.75) is 150 Å². The lowest BCUT2D eigenvalue weighted by molar-refractivity contribution is -0.154. The van der Waals surface area contributed by atoms with E-state index in [1.807, 2.05) is 6.92 Å². The SMILES string of the molecule is C.C.C.C.C.C.C.C.C.C.C.C.C.C.CCOC(=O)CC(CC)OC(=O)CC. The van der Waals surface area contributed by atoms with Crippen LogP contribution in [0.25, 0.3) is 0 Å². The maximum atomic E-state index is 11.1. The minimum Gasteiger partial charge on any atom is -0.466 e. The molecule has 28 heavy (non-hydrogen) atoms. The summed E-state index contributed by atoms with van der Waals surface area (Å²) in [7, 11) is 0. The number of hydrogen-bond donors (Lipinski definition) is 0. The van der Waals surface area contributed by atoms with Gasteiger partial charge in [-0.3, -0.25) is 9.59 Å². The largest absolute Gasteiger partial charge is 0.466 e. The lowest BCUT2D eigenvalue weighted by Crippen LogP contribution is -2.21. The summed E-state index contributed by atoms with van der Waals surface area (Å²) in [5.41, 5.74) is 0. The zero-order valence-corrected chi connectivity index (χ0v) is 9.04. The van der Waals surface area contributed by atoms with Crippen molar-refractivity contribution in [2.75, 3.05) is 6.61 Å². The average Bonchev–Trinajstić information content (AvgIpc) is 2.16. The van der Waals surface area contributed by atoms with Crippen LogP contribution < -0.4 is 0 Å². The fourth-order valence-corrected chi connectivity index (χ4v) is 0.944. The second kappa shape index (κ2) is 83.0. The fraction of sp³-hybridized carbons (Fsp3) is 0.917. The lowest BCUT2D eigenvalue weighted by atomic mass is 10.2. The number of rotatable bonds is 6. The van der Waals surface area contributed by atoms with Crippen molar-refractivity contribution in [3.63, 3.8) is 0 Å². The second-order valence-electron chi connectivity index (χ2n) is 2.88. The summed E-state index contributed by atoms with van der Waals surface area (Å²) in [6.07, 6.45) is 0.765. The van der Waals surface area contributed by atoms with Crippen LogP contribution in [0.1, 0.15) is 144 Å². The molecule has 194 valence electrons. The number of hydrogen-bond acceptors (Lipinski definition) is 4. The third-order valence-corrected chi connectivity index (χ3v) is 1.74. The van der Waals surface area contributed by atoms with E-state index in [9.17, 15) is 9.59 Å². The molecule has 0 N–H and O–H groups in total. The summed E-state index contributed by atoms with van der Waals surface area (Å²) >= 11 is 0. The molecule has 0 saturated heterocycles. The van der Waals surface area contributed by atoms with Crippen molar-refractivity contribution in [2.24, 2.45) is 0 Å². The Labute approximate surface area is 188 Å². The maximum Gasteiger partial charge on any atom is 0.309 e. The summed E-state index contributed by atoms with van der Waals surface area (Å²) in [5, 5.41) is 0. The van der Waals surface area contributed by atoms with Crippen molar-refractivity contribution >= 4 is 11.9 Å². The van der Waals surface area contributed by atoms with Crippen LogP contribution in [-0.2, 0) is 19.1 Å². The zero-order valence-electron chi connectivity index (χ0n) is 9.04. The van der Waals surface area contributed by atoms with Crippen molar-refractivity contribution < 1.29 is 19.1 Å². The Morgan fingerprint density at radius 2 is 0.929 bits per heavy atom. The summed E-state index contributed by atoms with van der Waals surface area (Å²) in [4.78, 5) is 22.0. The van der Waals surface area contributed by atoms with Crippen LogP contribution in [0, 0.1) is 0 Å². The van der Waals surface area contributed by atoms with Crippen LogP contribution in [-0.4, -0.2) is 24.6 Å². The zero-order chi connectivity index (χ0) is 11.0. The maximum absolute atomic E-state index is 11.1. The van der Waals surface area contributed by atoms with E-state index in [-0.39, 0.29) is 128 Å². The minimum atomic E-state index is -0.346. The minimum absolute atomic E-state index is 0. The summed E-state index contributed by atoms with van der Waals surface area (Å²) in [6, 6.07) is 0. The van der Waals surface area contributed by atoms with Crippen molar-refractivity contribution in [1.29, 1.82) is 0 Å². The van der Waals surface area contributed by atoms with Crippen molar-refractivity contribution in [1.82, 2.24) is 0 Å². The average molecular weight is 427 g/mol. The Morgan fingerprint density at radius 3 is 1.14 bits per heavy atom. The highest BCUT2D eigenvalue weighted by atomic mass is 16.6. The van der Waals surface area contributed by atoms with E-state index in [1.165, 1.54) is 0 Å². The lowest BCUT2D eigenvalue weighted by Gasteiger charge is -2.14. The molecule has 0 rings (SSSR count). The topological polar surface area (TPSA) is 52.6 Å². The van der Waals surface area contributed by atoms with Gasteiger partial charge < -0.3 is 9.47 Å². The molecule has 0 amide bonds. The standard InChI is InChI=1S/C10H18O4.14CH4/c1-4-8(14-9(11)5-2)7-10(12)13-6-3;;;;;;;;;;;;;;/h8H,4-7H2,1-3H3;14*1H4. The van der Waals surface area contributed by atoms with Gasteiger partial charge in [0.25, 0.3) is 0 Å². The van der Waals surface area contributed by atoms with Crippen LogP contribution >= 0.6 is 0 Å². The van der Waals surface area contributed by atoms with E-state index in [0.29, 0.717) is 19.4 Å². The van der Waals surface area contributed by atoms with Crippen molar-refractivity contribution in [3.8, 4) is 0 Å². The second-order valence-corrected chi connectivity index (χ2v) is 2.88. The van der Waals surface area contributed by atoms with Gasteiger partial charge in [-0.25, -0.2) is 0 Å². The van der Waals surface area contributed by atoms with Crippen molar-refractivity contribution in [3.05, 3.63) is 0 Å². The molecule has 0 aliphatic heterocycles. The molecule has 0 radical (unpaired) electrons. The molecule has 1 atom stereocenters. The first-order valence-electron chi connectivity index (χ1n) is 4.99. The summed E-state index contributed by atoms with van der Waals surface area (Å²) in [5.74, 6) is -0.593. The summed E-state index contributed by atoms with van der Waals surface area (Å²) < 4.78 is 9.79. The molecule has 4 nitrogen and oxygen atoms in total. The third-order valence-electron chi connectivity index (χ3n) is 1.74. The third kappa shape index (κ3) is 73.6. The van der Waals surface area contributed by atoms with Gasteiger partial charge in [-0.15, -0.1) is 0 Å². The monoisotopic (exact) mass is 427 g/mol. The molecular formula is C24H74O4. The van der Waals surface area contributed by atoms with Crippen LogP contribution in [0.15, 0.2) is 0 Å². The van der Waals surface area contributed by atoms with Gasteiger partial charge in [-0.05, 0) is 13.3 Å². The number of carbonyl (C=O) groups is 2. The van der Waals surface area contributed by atoms with Gasteiger partial charge in [-0.1, -0.05) is 118 Å².